The van der Waals surface area contributed by atoms with Crippen LogP contribution in [0.15, 0.2) is 41.3 Å². The number of fused-ring (bicyclic) bond motifs is 3. The third-order valence-electron chi connectivity index (χ3n) is 5.58. The highest BCUT2D eigenvalue weighted by Gasteiger charge is 2.50. The van der Waals surface area contributed by atoms with Crippen LogP contribution >= 0.6 is 20.0 Å². The zero-order chi connectivity index (χ0) is 22.2. The van der Waals surface area contributed by atoms with Crippen molar-refractivity contribution in [3.63, 3.8) is 0 Å². The molecule has 3 unspecified atom stereocenters. The van der Waals surface area contributed by atoms with Crippen molar-refractivity contribution >= 4 is 37.0 Å². The van der Waals surface area contributed by atoms with Crippen LogP contribution in [0.3, 0.4) is 0 Å². The molecule has 0 amide bonds. The molecule has 12 nitrogen and oxygen atoms in total. The van der Waals surface area contributed by atoms with Gasteiger partial charge in [-0.1, -0.05) is 30.3 Å². The monoisotopic (exact) mass is 476 g/mol. The van der Waals surface area contributed by atoms with E-state index in [1.807, 2.05) is 30.3 Å². The van der Waals surface area contributed by atoms with Gasteiger partial charge in [-0.15, -0.1) is 0 Å². The van der Waals surface area contributed by atoms with Crippen LogP contribution in [-0.4, -0.2) is 53.9 Å². The molecule has 14 heteroatoms. The fourth-order valence-corrected chi connectivity index (χ4v) is 5.34. The number of aromatic amines is 2. The van der Waals surface area contributed by atoms with Crippen LogP contribution < -0.4 is 10.5 Å². The van der Waals surface area contributed by atoms with Gasteiger partial charge < -0.3 is 33.8 Å². The van der Waals surface area contributed by atoms with Crippen molar-refractivity contribution in [3.05, 3.63) is 51.7 Å². The molecule has 0 saturated carbocycles. The lowest BCUT2D eigenvalue weighted by molar-refractivity contribution is -0.245. The molecule has 3 N–H and O–H groups in total. The lowest BCUT2D eigenvalue weighted by atomic mass is 10.1. The maximum atomic E-state index is 13.1. The van der Waals surface area contributed by atoms with Crippen molar-refractivity contribution in [2.24, 2.45) is 0 Å². The number of benzene rings is 1. The number of aliphatic hydroxyl groups excluding tert-OH is 1. The smallest absolute Gasteiger partial charge is 0.285 e. The Kier molecular flexibility index (Phi) is 4.33. The summed E-state index contributed by atoms with van der Waals surface area (Å²) in [6.07, 6.45) is -2.88. The Morgan fingerprint density at radius 3 is 2.84 bits per heavy atom. The van der Waals surface area contributed by atoms with Crippen LogP contribution in [0.4, 0.5) is 0 Å². The van der Waals surface area contributed by atoms with E-state index in [0.717, 1.165) is 5.56 Å². The van der Waals surface area contributed by atoms with E-state index >= 15 is 0 Å². The second-order valence-electron chi connectivity index (χ2n) is 7.51. The minimum atomic E-state index is -4.53. The molecule has 3 aromatic heterocycles. The lowest BCUT2D eigenvalue weighted by Crippen LogP contribution is -2.41. The summed E-state index contributed by atoms with van der Waals surface area (Å²) in [6.45, 7) is -0.300. The second kappa shape index (κ2) is 6.93. The molecule has 2 aliphatic heterocycles. The van der Waals surface area contributed by atoms with Crippen LogP contribution in [0.2, 0.25) is 0 Å². The average Bonchev–Trinajstić information content (AvgIpc) is 3.43. The zero-order valence-electron chi connectivity index (χ0n) is 16.1. The Morgan fingerprint density at radius 2 is 2.06 bits per heavy atom. The zero-order valence-corrected chi connectivity index (χ0v) is 17.8. The summed E-state index contributed by atoms with van der Waals surface area (Å²) in [5.41, 5.74) is 1.42. The molecule has 2 fully saturated rings. The second-order valence-corrected chi connectivity index (χ2v) is 9.26. The van der Waals surface area contributed by atoms with Gasteiger partial charge in [0.1, 0.15) is 18.3 Å². The van der Waals surface area contributed by atoms with Crippen LogP contribution in [0.1, 0.15) is 6.23 Å². The Bertz CT molecular complexity index is 1530. The van der Waals surface area contributed by atoms with E-state index in [4.69, 9.17) is 21.5 Å². The molecule has 166 valence electrons. The quantitative estimate of drug-likeness (QED) is 0.282. The largest absolute Gasteiger partial charge is 0.756 e. The highest BCUT2D eigenvalue weighted by Crippen LogP contribution is 2.49. The molecule has 32 heavy (non-hydrogen) atoms. The van der Waals surface area contributed by atoms with Gasteiger partial charge in [-0.2, -0.15) is 4.98 Å². The number of aliphatic hydroxyl groups is 1. The van der Waals surface area contributed by atoms with Gasteiger partial charge in [-0.25, -0.2) is 4.40 Å². The molecular formula is C18H15N5O7PS-. The molecule has 4 aromatic rings. The summed E-state index contributed by atoms with van der Waals surface area (Å²) in [5.74, 6) is 0.262. The number of rotatable bonds is 2. The summed E-state index contributed by atoms with van der Waals surface area (Å²) >= 11 is 5.36. The average molecular weight is 476 g/mol. The minimum absolute atomic E-state index is 0.0788. The van der Waals surface area contributed by atoms with E-state index in [1.165, 1.54) is 8.97 Å². The fraction of sp³-hybridized carbons (Fsp3) is 0.278. The van der Waals surface area contributed by atoms with Crippen molar-refractivity contribution in [3.8, 4) is 11.3 Å². The van der Waals surface area contributed by atoms with E-state index in [1.54, 1.807) is 6.20 Å². The van der Waals surface area contributed by atoms with E-state index < -0.39 is 37.9 Å². The molecule has 2 saturated heterocycles. The van der Waals surface area contributed by atoms with Gasteiger partial charge in [0.05, 0.1) is 12.3 Å². The summed E-state index contributed by atoms with van der Waals surface area (Å²) in [7, 11) is -4.53. The van der Waals surface area contributed by atoms with Gasteiger partial charge in [0, 0.05) is 6.20 Å². The summed E-state index contributed by atoms with van der Waals surface area (Å²) in [5, 5.41) is 10.7. The number of hydrogen-bond acceptors (Lipinski definition) is 9. The lowest BCUT2D eigenvalue weighted by Gasteiger charge is -2.34. The number of ether oxygens (including phenoxy) is 1. The number of aromatic nitrogens is 5. The molecule has 0 aliphatic carbocycles. The topological polar surface area (TPSA) is 159 Å². The molecule has 0 bridgehead atoms. The maximum absolute atomic E-state index is 13.1. The number of nitrogens with zero attached hydrogens (tertiary/aromatic N) is 3. The molecule has 5 heterocycles. The summed E-state index contributed by atoms with van der Waals surface area (Å²) < 4.78 is 29.8. The first-order valence-electron chi connectivity index (χ1n) is 9.61. The van der Waals surface area contributed by atoms with Gasteiger partial charge in [0.25, 0.3) is 13.4 Å². The molecule has 2 aliphatic rings. The van der Waals surface area contributed by atoms with Crippen molar-refractivity contribution in [1.82, 2.24) is 23.9 Å². The number of hydrogen-bond donors (Lipinski definition) is 3. The maximum Gasteiger partial charge on any atom is 0.285 e. The molecular weight excluding hydrogens is 461 g/mol. The van der Waals surface area contributed by atoms with Gasteiger partial charge in [-0.05, 0) is 17.8 Å². The SMILES string of the molecule is O=c1c2[nH]c(=S)n([C@@H]3OC4COP(=O)([O-])O[C@H]4C3O)c2nc2[nH]c(-c3ccccc3)cn12. The van der Waals surface area contributed by atoms with Crippen LogP contribution in [0.25, 0.3) is 28.2 Å². The molecule has 0 radical (unpaired) electrons. The number of H-pyrrole nitrogens is 2. The van der Waals surface area contributed by atoms with Gasteiger partial charge in [0.15, 0.2) is 22.2 Å². The number of imidazole rings is 2. The van der Waals surface area contributed by atoms with E-state index in [2.05, 4.69) is 19.5 Å². The highest BCUT2D eigenvalue weighted by atomic mass is 32.1. The van der Waals surface area contributed by atoms with Crippen molar-refractivity contribution in [2.75, 3.05) is 6.61 Å². The third kappa shape index (κ3) is 2.94. The van der Waals surface area contributed by atoms with Crippen molar-refractivity contribution < 1.29 is 28.3 Å². The highest BCUT2D eigenvalue weighted by molar-refractivity contribution is 7.71. The number of phosphoric ester groups is 1. The first kappa shape index (κ1) is 20.0. The molecule has 0 spiro atoms. The van der Waals surface area contributed by atoms with E-state index in [0.29, 0.717) is 5.69 Å². The predicted molar refractivity (Wildman–Crippen MR) is 110 cm³/mol. The van der Waals surface area contributed by atoms with Crippen LogP contribution in [-0.2, 0) is 18.3 Å². The fourth-order valence-electron chi connectivity index (χ4n) is 4.10. The van der Waals surface area contributed by atoms with Gasteiger partial charge >= 0.3 is 0 Å². The van der Waals surface area contributed by atoms with Crippen molar-refractivity contribution in [1.29, 1.82) is 0 Å². The summed E-state index contributed by atoms with van der Waals surface area (Å²) in [6, 6.07) is 9.43. The normalized spacial score (nSPS) is 30.2. The third-order valence-corrected chi connectivity index (χ3v) is 6.84. The standard InChI is InChI=1S/C18H16N5O7PS/c24-12-13-10(7-28-31(26,27)30-13)29-16(12)23-14-11(20-18(23)32)15(25)22-6-9(19-17(22)21-14)8-4-2-1-3-5-8/h1-6,10,12-13,16,24H,7H2,(H,19,21)(H,20,32)(H,26,27)/p-1/t10?,12?,13-,16-/m1/s1. The first-order chi connectivity index (χ1) is 15.3. The van der Waals surface area contributed by atoms with E-state index in [-0.39, 0.29) is 28.3 Å². The van der Waals surface area contributed by atoms with E-state index in [9.17, 15) is 19.4 Å². The first-order valence-corrected chi connectivity index (χ1v) is 11.5. The van der Waals surface area contributed by atoms with Gasteiger partial charge in [-0.3, -0.25) is 13.9 Å². The Morgan fingerprint density at radius 1 is 1.28 bits per heavy atom. The Balaban J connectivity index is 1.49. The van der Waals surface area contributed by atoms with Crippen molar-refractivity contribution in [2.45, 2.75) is 24.5 Å². The number of nitrogens with one attached hydrogen (secondary N) is 2. The molecule has 5 atom stereocenters. The summed E-state index contributed by atoms with van der Waals surface area (Å²) in [4.78, 5) is 35.2. The Labute approximate surface area is 183 Å². The number of phosphoric acid groups is 1. The molecule has 6 rings (SSSR count). The van der Waals surface area contributed by atoms with Crippen LogP contribution in [0.5, 0.6) is 0 Å². The Hall–Kier alpha value is -2.64. The van der Waals surface area contributed by atoms with Crippen LogP contribution in [0, 0.1) is 4.77 Å². The predicted octanol–water partition coefficient (Wildman–Crippen LogP) is 0.844. The molecule has 1 aromatic carbocycles. The van der Waals surface area contributed by atoms with Gasteiger partial charge in [0.2, 0.25) is 5.78 Å². The minimum Gasteiger partial charge on any atom is -0.756 e.